The standard InChI is InChI=1S/C28H24N2/c1-17-11-13-23-21(15-17)27-19(7-5-9-25(27)29(23)3)20-8-6-10-26-28(20)22-16-18(2)12-14-24(22)30(26)4/h5-16H,1-4H3. The van der Waals surface area contributed by atoms with Gasteiger partial charge in [0.2, 0.25) is 0 Å². The zero-order chi connectivity index (χ0) is 20.6. The van der Waals surface area contributed by atoms with Gasteiger partial charge in [-0.15, -0.1) is 0 Å². The maximum atomic E-state index is 2.33. The monoisotopic (exact) mass is 388 g/mol. The molecule has 4 aromatic carbocycles. The number of fused-ring (bicyclic) bond motifs is 6. The Hall–Kier alpha value is -3.52. The number of nitrogens with zero attached hydrogens (tertiary/aromatic N) is 2. The topological polar surface area (TPSA) is 9.86 Å². The summed E-state index contributed by atoms with van der Waals surface area (Å²) in [4.78, 5) is 0. The van der Waals surface area contributed by atoms with Crippen molar-refractivity contribution >= 4 is 43.6 Å². The first-order valence-corrected chi connectivity index (χ1v) is 10.5. The molecule has 0 fully saturated rings. The van der Waals surface area contributed by atoms with E-state index in [1.165, 1.54) is 65.9 Å². The number of aromatic nitrogens is 2. The van der Waals surface area contributed by atoms with Gasteiger partial charge < -0.3 is 9.13 Å². The molecule has 0 aliphatic carbocycles. The van der Waals surface area contributed by atoms with E-state index >= 15 is 0 Å². The second-order valence-corrected chi connectivity index (χ2v) is 8.56. The number of rotatable bonds is 1. The quantitative estimate of drug-likeness (QED) is 0.280. The molecule has 0 N–H and O–H groups in total. The van der Waals surface area contributed by atoms with Crippen LogP contribution in [0.15, 0.2) is 72.8 Å². The van der Waals surface area contributed by atoms with Crippen molar-refractivity contribution < 1.29 is 0 Å². The average molecular weight is 389 g/mol. The molecular weight excluding hydrogens is 364 g/mol. The highest BCUT2D eigenvalue weighted by atomic mass is 14.9. The highest BCUT2D eigenvalue weighted by Gasteiger charge is 2.17. The van der Waals surface area contributed by atoms with Crippen LogP contribution in [0.5, 0.6) is 0 Å². The lowest BCUT2D eigenvalue weighted by molar-refractivity contribution is 1.01. The summed E-state index contributed by atoms with van der Waals surface area (Å²) in [5, 5.41) is 5.35. The lowest BCUT2D eigenvalue weighted by Crippen LogP contribution is -1.88. The largest absolute Gasteiger partial charge is 0.344 e. The molecule has 0 radical (unpaired) electrons. The van der Waals surface area contributed by atoms with Crippen LogP contribution in [-0.2, 0) is 14.1 Å². The first-order chi connectivity index (χ1) is 14.5. The highest BCUT2D eigenvalue weighted by molar-refractivity contribution is 6.21. The molecule has 0 saturated heterocycles. The van der Waals surface area contributed by atoms with Crippen LogP contribution in [-0.4, -0.2) is 9.13 Å². The second-order valence-electron chi connectivity index (χ2n) is 8.56. The molecule has 146 valence electrons. The van der Waals surface area contributed by atoms with Gasteiger partial charge in [0, 0.05) is 57.7 Å². The third kappa shape index (κ3) is 2.19. The highest BCUT2D eigenvalue weighted by Crippen LogP contribution is 2.42. The van der Waals surface area contributed by atoms with Crippen LogP contribution >= 0.6 is 0 Å². The van der Waals surface area contributed by atoms with Crippen LogP contribution in [0.25, 0.3) is 54.7 Å². The van der Waals surface area contributed by atoms with Crippen LogP contribution in [0.4, 0.5) is 0 Å². The normalized spacial score (nSPS) is 12.0. The van der Waals surface area contributed by atoms with Gasteiger partial charge in [0.1, 0.15) is 0 Å². The molecule has 6 aromatic rings. The molecule has 6 rings (SSSR count). The molecule has 30 heavy (non-hydrogen) atoms. The summed E-state index contributed by atoms with van der Waals surface area (Å²) >= 11 is 0. The predicted molar refractivity (Wildman–Crippen MR) is 129 cm³/mol. The first kappa shape index (κ1) is 17.3. The number of hydrogen-bond acceptors (Lipinski definition) is 0. The third-order valence-corrected chi connectivity index (χ3v) is 6.66. The van der Waals surface area contributed by atoms with Gasteiger partial charge in [0.15, 0.2) is 0 Å². The van der Waals surface area contributed by atoms with Gasteiger partial charge in [0.25, 0.3) is 0 Å². The Morgan fingerprint density at radius 3 is 1.37 bits per heavy atom. The molecule has 2 heteroatoms. The van der Waals surface area contributed by atoms with E-state index in [0.29, 0.717) is 0 Å². The van der Waals surface area contributed by atoms with Gasteiger partial charge in [-0.1, -0.05) is 47.5 Å². The van der Waals surface area contributed by atoms with Crippen molar-refractivity contribution in [3.8, 4) is 11.1 Å². The second kappa shape index (κ2) is 5.99. The third-order valence-electron chi connectivity index (χ3n) is 6.66. The van der Waals surface area contributed by atoms with E-state index in [4.69, 9.17) is 0 Å². The van der Waals surface area contributed by atoms with Gasteiger partial charge in [-0.05, 0) is 61.4 Å². The van der Waals surface area contributed by atoms with Crippen LogP contribution in [0, 0.1) is 13.8 Å². The van der Waals surface area contributed by atoms with E-state index in [1.807, 2.05) is 0 Å². The Balaban J connectivity index is 1.84. The smallest absolute Gasteiger partial charge is 0.0495 e. The van der Waals surface area contributed by atoms with Gasteiger partial charge in [-0.25, -0.2) is 0 Å². The number of aryl methyl sites for hydroxylation is 4. The van der Waals surface area contributed by atoms with E-state index < -0.39 is 0 Å². The van der Waals surface area contributed by atoms with Crippen LogP contribution < -0.4 is 0 Å². The fourth-order valence-electron chi connectivity index (χ4n) is 5.20. The van der Waals surface area contributed by atoms with Crippen LogP contribution in [0.2, 0.25) is 0 Å². The Morgan fingerprint density at radius 1 is 0.500 bits per heavy atom. The fourth-order valence-corrected chi connectivity index (χ4v) is 5.20. The van der Waals surface area contributed by atoms with Crippen molar-refractivity contribution in [2.75, 3.05) is 0 Å². The Morgan fingerprint density at radius 2 is 0.933 bits per heavy atom. The average Bonchev–Trinajstić information content (AvgIpc) is 3.20. The SMILES string of the molecule is Cc1ccc2c(c1)c1c(-c3cccc4c3c3cc(C)ccc3n4C)cccc1n2C. The summed E-state index contributed by atoms with van der Waals surface area (Å²) in [5.74, 6) is 0. The Kier molecular flexibility index (Phi) is 3.47. The van der Waals surface area contributed by atoms with Gasteiger partial charge >= 0.3 is 0 Å². The zero-order valence-corrected chi connectivity index (χ0v) is 17.8. The summed E-state index contributed by atoms with van der Waals surface area (Å²) < 4.78 is 4.64. The molecule has 2 aromatic heterocycles. The Labute approximate surface area is 176 Å². The zero-order valence-electron chi connectivity index (χ0n) is 17.8. The Bertz CT molecular complexity index is 1500. The minimum atomic E-state index is 1.28. The van der Waals surface area contributed by atoms with Gasteiger partial charge in [-0.2, -0.15) is 0 Å². The van der Waals surface area contributed by atoms with Gasteiger partial charge in [-0.3, -0.25) is 0 Å². The summed E-state index contributed by atoms with van der Waals surface area (Å²) in [6.07, 6.45) is 0. The van der Waals surface area contributed by atoms with E-state index in [1.54, 1.807) is 0 Å². The molecule has 0 aliphatic heterocycles. The van der Waals surface area contributed by atoms with Crippen molar-refractivity contribution in [2.24, 2.45) is 14.1 Å². The lowest BCUT2D eigenvalue weighted by atomic mass is 9.95. The minimum Gasteiger partial charge on any atom is -0.344 e. The lowest BCUT2D eigenvalue weighted by Gasteiger charge is -2.08. The minimum absolute atomic E-state index is 1.28. The summed E-state index contributed by atoms with van der Waals surface area (Å²) in [6, 6.07) is 27.0. The van der Waals surface area contributed by atoms with Crippen molar-refractivity contribution in [1.82, 2.24) is 9.13 Å². The summed E-state index contributed by atoms with van der Waals surface area (Å²) in [7, 11) is 4.34. The molecule has 2 nitrogen and oxygen atoms in total. The van der Waals surface area contributed by atoms with Crippen molar-refractivity contribution in [1.29, 1.82) is 0 Å². The molecule has 0 saturated carbocycles. The van der Waals surface area contributed by atoms with Gasteiger partial charge in [0.05, 0.1) is 0 Å². The molecule has 0 atom stereocenters. The van der Waals surface area contributed by atoms with E-state index in [0.717, 1.165) is 0 Å². The number of hydrogen-bond donors (Lipinski definition) is 0. The summed E-state index contributed by atoms with van der Waals surface area (Å²) in [6.45, 7) is 4.35. The van der Waals surface area contributed by atoms with Crippen molar-refractivity contribution in [3.63, 3.8) is 0 Å². The van der Waals surface area contributed by atoms with Crippen LogP contribution in [0.1, 0.15) is 11.1 Å². The molecule has 0 aliphatic rings. The molecule has 0 amide bonds. The van der Waals surface area contributed by atoms with E-state index in [9.17, 15) is 0 Å². The maximum absolute atomic E-state index is 2.33. The predicted octanol–water partition coefficient (Wildman–Crippen LogP) is 7.26. The number of benzene rings is 4. The first-order valence-electron chi connectivity index (χ1n) is 10.5. The molecular formula is C28H24N2. The molecule has 0 spiro atoms. The van der Waals surface area contributed by atoms with E-state index in [-0.39, 0.29) is 0 Å². The molecule has 0 unspecified atom stereocenters. The van der Waals surface area contributed by atoms with Crippen molar-refractivity contribution in [2.45, 2.75) is 13.8 Å². The van der Waals surface area contributed by atoms with Crippen LogP contribution in [0.3, 0.4) is 0 Å². The fraction of sp³-hybridized carbons (Fsp3) is 0.143. The maximum Gasteiger partial charge on any atom is 0.0495 e. The molecule has 0 bridgehead atoms. The van der Waals surface area contributed by atoms with Crippen molar-refractivity contribution in [3.05, 3.63) is 83.9 Å². The molecule has 2 heterocycles. The van der Waals surface area contributed by atoms with E-state index in [2.05, 4.69) is 110 Å². The summed E-state index contributed by atoms with van der Waals surface area (Å²) in [5.41, 5.74) is 10.3.